The standard InChI is InChI=1S/C17H19ClN2O4/c18-14-10-23-17-12(16(14)21)1-2-15-13(17)9-20(11-24-15)4-3-19-5-7-22-8-6-19/h1-2,10H,3-9,11H2. The van der Waals surface area contributed by atoms with Gasteiger partial charge in [-0.2, -0.15) is 0 Å². The van der Waals surface area contributed by atoms with Gasteiger partial charge in [0.25, 0.3) is 0 Å². The highest BCUT2D eigenvalue weighted by atomic mass is 35.5. The highest BCUT2D eigenvalue weighted by molar-refractivity contribution is 6.30. The van der Waals surface area contributed by atoms with Crippen LogP contribution < -0.4 is 10.2 Å². The molecular formula is C17H19ClN2O4. The lowest BCUT2D eigenvalue weighted by Crippen LogP contribution is -2.43. The molecule has 0 unspecified atom stereocenters. The Morgan fingerprint density at radius 1 is 1.12 bits per heavy atom. The average molecular weight is 351 g/mol. The molecule has 0 spiro atoms. The summed E-state index contributed by atoms with van der Waals surface area (Å²) in [5.41, 5.74) is 1.28. The molecule has 0 saturated carbocycles. The highest BCUT2D eigenvalue weighted by Crippen LogP contribution is 2.31. The predicted octanol–water partition coefficient (Wildman–Crippen LogP) is 1.93. The molecule has 0 aliphatic carbocycles. The second-order valence-electron chi connectivity index (χ2n) is 6.11. The van der Waals surface area contributed by atoms with Crippen LogP contribution in [-0.4, -0.2) is 55.9 Å². The number of hydrogen-bond acceptors (Lipinski definition) is 6. The third-order valence-corrected chi connectivity index (χ3v) is 4.84. The summed E-state index contributed by atoms with van der Waals surface area (Å²) < 4.78 is 16.8. The minimum atomic E-state index is -0.203. The summed E-state index contributed by atoms with van der Waals surface area (Å²) in [7, 11) is 0. The van der Waals surface area contributed by atoms with Gasteiger partial charge in [-0.3, -0.25) is 14.6 Å². The Hall–Kier alpha value is -1.60. The second-order valence-corrected chi connectivity index (χ2v) is 6.52. The molecule has 128 valence electrons. The monoisotopic (exact) mass is 350 g/mol. The lowest BCUT2D eigenvalue weighted by molar-refractivity contribution is 0.0241. The van der Waals surface area contributed by atoms with Crippen molar-refractivity contribution in [1.29, 1.82) is 0 Å². The first-order valence-corrected chi connectivity index (χ1v) is 8.48. The Bertz CT molecular complexity index is 801. The van der Waals surface area contributed by atoms with Gasteiger partial charge in [-0.25, -0.2) is 0 Å². The van der Waals surface area contributed by atoms with Crippen LogP contribution in [0.15, 0.2) is 27.6 Å². The molecule has 0 amide bonds. The lowest BCUT2D eigenvalue weighted by atomic mass is 10.1. The van der Waals surface area contributed by atoms with Crippen LogP contribution in [0, 0.1) is 0 Å². The molecule has 1 aromatic heterocycles. The van der Waals surface area contributed by atoms with Crippen molar-refractivity contribution in [2.75, 3.05) is 46.1 Å². The zero-order valence-electron chi connectivity index (χ0n) is 13.3. The van der Waals surface area contributed by atoms with Crippen LogP contribution in [-0.2, 0) is 11.3 Å². The lowest BCUT2D eigenvalue weighted by Gasteiger charge is -2.32. The summed E-state index contributed by atoms with van der Waals surface area (Å²) >= 11 is 5.87. The normalized spacial score (nSPS) is 19.2. The first-order valence-electron chi connectivity index (χ1n) is 8.10. The maximum atomic E-state index is 12.2. The number of hydrogen-bond donors (Lipinski definition) is 0. The Morgan fingerprint density at radius 3 is 2.75 bits per heavy atom. The molecule has 1 fully saturated rings. The van der Waals surface area contributed by atoms with Crippen molar-refractivity contribution >= 4 is 22.6 Å². The molecule has 0 N–H and O–H groups in total. The van der Waals surface area contributed by atoms with Gasteiger partial charge in [0, 0.05) is 32.7 Å². The van der Waals surface area contributed by atoms with Crippen LogP contribution in [0.4, 0.5) is 0 Å². The Labute approximate surface area is 144 Å². The SMILES string of the molecule is O=c1c(Cl)coc2c3c(ccc12)OCN(CCN1CCOCC1)C3. The van der Waals surface area contributed by atoms with E-state index < -0.39 is 0 Å². The van der Waals surface area contributed by atoms with Crippen molar-refractivity contribution in [2.45, 2.75) is 6.54 Å². The van der Waals surface area contributed by atoms with Gasteiger partial charge in [0.2, 0.25) is 5.43 Å². The van der Waals surface area contributed by atoms with E-state index in [0.717, 1.165) is 50.7 Å². The largest absolute Gasteiger partial charge is 0.478 e. The zero-order valence-corrected chi connectivity index (χ0v) is 14.1. The molecule has 2 aliphatic heterocycles. The van der Waals surface area contributed by atoms with Gasteiger partial charge in [-0.15, -0.1) is 0 Å². The number of fused-ring (bicyclic) bond motifs is 3. The first kappa shape index (κ1) is 15.9. The number of benzene rings is 1. The van der Waals surface area contributed by atoms with Crippen LogP contribution in [0.5, 0.6) is 5.75 Å². The van der Waals surface area contributed by atoms with E-state index in [1.165, 1.54) is 6.26 Å². The Morgan fingerprint density at radius 2 is 1.92 bits per heavy atom. The average Bonchev–Trinajstić information content (AvgIpc) is 2.63. The summed E-state index contributed by atoms with van der Waals surface area (Å²) in [4.78, 5) is 16.8. The molecule has 1 saturated heterocycles. The van der Waals surface area contributed by atoms with Crippen LogP contribution in [0.25, 0.3) is 11.0 Å². The summed E-state index contributed by atoms with van der Waals surface area (Å²) in [5.74, 6) is 0.774. The van der Waals surface area contributed by atoms with E-state index in [1.54, 1.807) is 6.07 Å². The summed E-state index contributed by atoms with van der Waals surface area (Å²) in [6, 6.07) is 3.54. The molecule has 6 nitrogen and oxygen atoms in total. The minimum Gasteiger partial charge on any atom is -0.478 e. The molecule has 2 aromatic rings. The maximum Gasteiger partial charge on any atom is 0.211 e. The highest BCUT2D eigenvalue weighted by Gasteiger charge is 2.23. The van der Waals surface area contributed by atoms with E-state index in [9.17, 15) is 4.79 Å². The van der Waals surface area contributed by atoms with Gasteiger partial charge in [0.05, 0.1) is 24.2 Å². The van der Waals surface area contributed by atoms with Crippen LogP contribution in [0.1, 0.15) is 5.56 Å². The maximum absolute atomic E-state index is 12.2. The number of morpholine rings is 1. The smallest absolute Gasteiger partial charge is 0.211 e. The molecular weight excluding hydrogens is 332 g/mol. The van der Waals surface area contributed by atoms with Crippen molar-refractivity contribution in [2.24, 2.45) is 0 Å². The van der Waals surface area contributed by atoms with E-state index in [-0.39, 0.29) is 10.5 Å². The van der Waals surface area contributed by atoms with Crippen molar-refractivity contribution in [3.05, 3.63) is 39.2 Å². The van der Waals surface area contributed by atoms with E-state index >= 15 is 0 Å². The van der Waals surface area contributed by atoms with Crippen LogP contribution >= 0.6 is 11.6 Å². The molecule has 3 heterocycles. The van der Waals surface area contributed by atoms with Crippen molar-refractivity contribution in [1.82, 2.24) is 9.80 Å². The van der Waals surface area contributed by atoms with Gasteiger partial charge in [-0.05, 0) is 12.1 Å². The summed E-state index contributed by atoms with van der Waals surface area (Å²) in [5, 5.41) is 0.600. The Balaban J connectivity index is 1.54. The molecule has 2 aliphatic rings. The molecule has 1 aromatic carbocycles. The number of ether oxygens (including phenoxy) is 2. The van der Waals surface area contributed by atoms with Gasteiger partial charge >= 0.3 is 0 Å². The molecule has 0 radical (unpaired) electrons. The van der Waals surface area contributed by atoms with Gasteiger partial charge in [0.15, 0.2) is 0 Å². The molecule has 0 atom stereocenters. The van der Waals surface area contributed by atoms with E-state index in [0.29, 0.717) is 24.2 Å². The summed E-state index contributed by atoms with van der Waals surface area (Å²) in [6.07, 6.45) is 1.30. The zero-order chi connectivity index (χ0) is 16.5. The third kappa shape index (κ3) is 3.02. The quantitative estimate of drug-likeness (QED) is 0.843. The summed E-state index contributed by atoms with van der Waals surface area (Å²) in [6.45, 7) is 6.66. The van der Waals surface area contributed by atoms with Gasteiger partial charge < -0.3 is 13.9 Å². The Kier molecular flexibility index (Phi) is 4.45. The van der Waals surface area contributed by atoms with E-state index in [1.807, 2.05) is 6.07 Å². The fourth-order valence-electron chi connectivity index (χ4n) is 3.18. The van der Waals surface area contributed by atoms with Crippen LogP contribution in [0.2, 0.25) is 5.02 Å². The van der Waals surface area contributed by atoms with E-state index in [4.69, 9.17) is 25.5 Å². The number of nitrogens with zero attached hydrogens (tertiary/aromatic N) is 2. The van der Waals surface area contributed by atoms with Crippen molar-refractivity contribution < 1.29 is 13.9 Å². The molecule has 7 heteroatoms. The number of halogens is 1. The topological polar surface area (TPSA) is 55.2 Å². The number of rotatable bonds is 3. The van der Waals surface area contributed by atoms with E-state index in [2.05, 4.69) is 9.80 Å². The van der Waals surface area contributed by atoms with Gasteiger partial charge in [0.1, 0.15) is 29.3 Å². The molecule has 0 bridgehead atoms. The van der Waals surface area contributed by atoms with Crippen LogP contribution in [0.3, 0.4) is 0 Å². The minimum absolute atomic E-state index is 0.100. The fourth-order valence-corrected chi connectivity index (χ4v) is 3.33. The first-order chi connectivity index (χ1) is 11.7. The van der Waals surface area contributed by atoms with Crippen molar-refractivity contribution in [3.63, 3.8) is 0 Å². The van der Waals surface area contributed by atoms with Gasteiger partial charge in [-0.1, -0.05) is 11.6 Å². The predicted molar refractivity (Wildman–Crippen MR) is 90.7 cm³/mol. The fraction of sp³-hybridized carbons (Fsp3) is 0.471. The molecule has 4 rings (SSSR count). The van der Waals surface area contributed by atoms with Crippen molar-refractivity contribution in [3.8, 4) is 5.75 Å². The third-order valence-electron chi connectivity index (χ3n) is 4.58. The molecule has 24 heavy (non-hydrogen) atoms. The second kappa shape index (κ2) is 6.72.